The number of aliphatic hydroxyl groups is 2. The van der Waals surface area contributed by atoms with E-state index in [2.05, 4.69) is 5.32 Å². The molecular formula is C22H28N2O5. The molecule has 0 bridgehead atoms. The third kappa shape index (κ3) is 4.70. The number of fused-ring (bicyclic) bond motifs is 1. The highest BCUT2D eigenvalue weighted by molar-refractivity contribution is 5.48. The zero-order valence-corrected chi connectivity index (χ0v) is 16.7. The molecule has 0 spiro atoms. The first-order valence-electron chi connectivity index (χ1n) is 9.87. The van der Waals surface area contributed by atoms with Crippen molar-refractivity contribution in [2.75, 3.05) is 19.8 Å². The van der Waals surface area contributed by atoms with E-state index in [1.165, 1.54) is 0 Å². The number of ether oxygens (including phenoxy) is 2. The number of nitrogens with zero attached hydrogens (tertiary/aromatic N) is 1. The predicted molar refractivity (Wildman–Crippen MR) is 109 cm³/mol. The van der Waals surface area contributed by atoms with Gasteiger partial charge >= 0.3 is 0 Å². The number of aliphatic hydroxyl groups excluding tert-OH is 2. The first-order valence-corrected chi connectivity index (χ1v) is 9.87. The van der Waals surface area contributed by atoms with E-state index in [0.29, 0.717) is 48.7 Å². The number of amides is 1. The van der Waals surface area contributed by atoms with Crippen molar-refractivity contribution in [2.45, 2.75) is 38.8 Å². The van der Waals surface area contributed by atoms with Crippen molar-refractivity contribution >= 4 is 6.41 Å². The molecule has 0 saturated carbocycles. The third-order valence-corrected chi connectivity index (χ3v) is 5.01. The topological polar surface area (TPSA) is 91.3 Å². The first kappa shape index (κ1) is 21.1. The van der Waals surface area contributed by atoms with Gasteiger partial charge in [-0.1, -0.05) is 30.3 Å². The normalized spacial score (nSPS) is 19.4. The molecule has 156 valence electrons. The summed E-state index contributed by atoms with van der Waals surface area (Å²) in [5, 5.41) is 24.0. The van der Waals surface area contributed by atoms with Crippen molar-refractivity contribution in [3.05, 3.63) is 59.2 Å². The number of hydrogen-bond donors (Lipinski definition) is 3. The summed E-state index contributed by atoms with van der Waals surface area (Å²) in [6.07, 6.45) is -0.685. The van der Waals surface area contributed by atoms with Gasteiger partial charge in [0.05, 0.1) is 13.2 Å². The van der Waals surface area contributed by atoms with Crippen LogP contribution in [0.2, 0.25) is 0 Å². The standard InChI is InChI=1S/C22H28N2O5/c1-3-28-19-10-9-15(12-20(19)29-4-2)11-16(23-14-25)13-24-21(26)17-7-5-6-8-18(17)22(24)27/h5-10,12,14,16,21-22,26-27H,3-4,11,13H2,1-2H3,(H,23,25). The van der Waals surface area contributed by atoms with Crippen molar-refractivity contribution in [3.8, 4) is 11.5 Å². The Labute approximate surface area is 170 Å². The van der Waals surface area contributed by atoms with Crippen LogP contribution in [0.5, 0.6) is 11.5 Å². The van der Waals surface area contributed by atoms with Crippen molar-refractivity contribution < 1.29 is 24.5 Å². The maximum Gasteiger partial charge on any atom is 0.207 e. The molecule has 0 saturated heterocycles. The molecule has 3 atom stereocenters. The summed E-state index contributed by atoms with van der Waals surface area (Å²) in [4.78, 5) is 12.7. The minimum atomic E-state index is -0.920. The maximum absolute atomic E-state index is 11.2. The maximum atomic E-state index is 11.2. The molecule has 0 radical (unpaired) electrons. The van der Waals surface area contributed by atoms with Crippen LogP contribution in [0, 0.1) is 0 Å². The zero-order valence-electron chi connectivity index (χ0n) is 16.7. The largest absolute Gasteiger partial charge is 0.490 e. The average Bonchev–Trinajstić information content (AvgIpc) is 2.96. The van der Waals surface area contributed by atoms with Crippen LogP contribution in [-0.4, -0.2) is 47.3 Å². The average molecular weight is 400 g/mol. The number of hydrogen-bond acceptors (Lipinski definition) is 6. The van der Waals surface area contributed by atoms with Gasteiger partial charge in [-0.25, -0.2) is 4.90 Å². The highest BCUT2D eigenvalue weighted by Crippen LogP contribution is 2.39. The molecule has 7 heteroatoms. The Bertz CT molecular complexity index is 800. The Morgan fingerprint density at radius 2 is 1.66 bits per heavy atom. The van der Waals surface area contributed by atoms with Gasteiger partial charge < -0.3 is 25.0 Å². The van der Waals surface area contributed by atoms with Gasteiger partial charge in [-0.05, 0) is 38.0 Å². The fourth-order valence-corrected chi connectivity index (χ4v) is 3.71. The SMILES string of the molecule is CCOc1ccc(CC(CN2C(O)c3ccccc3C2O)NC=O)cc1OCC. The summed E-state index contributed by atoms with van der Waals surface area (Å²) in [7, 11) is 0. The van der Waals surface area contributed by atoms with E-state index in [-0.39, 0.29) is 12.6 Å². The van der Waals surface area contributed by atoms with Crippen molar-refractivity contribution in [1.82, 2.24) is 10.2 Å². The Balaban J connectivity index is 1.76. The van der Waals surface area contributed by atoms with E-state index in [1.54, 1.807) is 17.0 Å². The lowest BCUT2D eigenvalue weighted by atomic mass is 10.0. The smallest absolute Gasteiger partial charge is 0.207 e. The van der Waals surface area contributed by atoms with Crippen LogP contribution in [-0.2, 0) is 11.2 Å². The summed E-state index contributed by atoms with van der Waals surface area (Å²) in [6, 6.07) is 12.6. The molecule has 0 aromatic heterocycles. The molecule has 3 unspecified atom stereocenters. The van der Waals surface area contributed by atoms with Crippen LogP contribution in [0.3, 0.4) is 0 Å². The second-order valence-corrected chi connectivity index (χ2v) is 6.91. The van der Waals surface area contributed by atoms with Gasteiger partial charge in [0, 0.05) is 23.7 Å². The Morgan fingerprint density at radius 3 is 2.24 bits per heavy atom. The molecule has 2 aromatic rings. The molecule has 1 aliphatic rings. The summed E-state index contributed by atoms with van der Waals surface area (Å²) >= 11 is 0. The second kappa shape index (κ2) is 9.73. The Kier molecular flexibility index (Phi) is 7.09. The van der Waals surface area contributed by atoms with Crippen molar-refractivity contribution in [1.29, 1.82) is 0 Å². The second-order valence-electron chi connectivity index (χ2n) is 6.91. The van der Waals surface area contributed by atoms with Gasteiger partial charge in [0.2, 0.25) is 6.41 Å². The van der Waals surface area contributed by atoms with Crippen LogP contribution >= 0.6 is 0 Å². The van der Waals surface area contributed by atoms with Crippen LogP contribution in [0.15, 0.2) is 42.5 Å². The number of nitrogens with one attached hydrogen (secondary N) is 1. The van der Waals surface area contributed by atoms with Gasteiger partial charge in [-0.3, -0.25) is 4.79 Å². The number of rotatable bonds is 10. The lowest BCUT2D eigenvalue weighted by molar-refractivity contribution is -0.112. The molecule has 1 heterocycles. The monoisotopic (exact) mass is 400 g/mol. The van der Waals surface area contributed by atoms with Crippen LogP contribution in [0.25, 0.3) is 0 Å². The summed E-state index contributed by atoms with van der Waals surface area (Å²) in [6.45, 7) is 5.17. The molecular weight excluding hydrogens is 372 g/mol. The summed E-state index contributed by atoms with van der Waals surface area (Å²) in [5.74, 6) is 1.34. The zero-order chi connectivity index (χ0) is 20.8. The highest BCUT2D eigenvalue weighted by Gasteiger charge is 2.37. The van der Waals surface area contributed by atoms with Crippen LogP contribution < -0.4 is 14.8 Å². The lowest BCUT2D eigenvalue weighted by Gasteiger charge is -2.29. The van der Waals surface area contributed by atoms with Crippen LogP contribution in [0.4, 0.5) is 0 Å². The van der Waals surface area contributed by atoms with Crippen molar-refractivity contribution in [3.63, 3.8) is 0 Å². The van der Waals surface area contributed by atoms with E-state index in [4.69, 9.17) is 9.47 Å². The molecule has 29 heavy (non-hydrogen) atoms. The molecule has 2 aromatic carbocycles. The van der Waals surface area contributed by atoms with E-state index in [0.717, 1.165) is 5.56 Å². The Hall–Kier alpha value is -2.61. The van der Waals surface area contributed by atoms with Crippen molar-refractivity contribution in [2.24, 2.45) is 0 Å². The van der Waals surface area contributed by atoms with Gasteiger partial charge in [-0.2, -0.15) is 0 Å². The minimum absolute atomic E-state index is 0.285. The van der Waals surface area contributed by atoms with E-state index in [1.807, 2.05) is 44.2 Å². The lowest BCUT2D eigenvalue weighted by Crippen LogP contribution is -2.42. The summed E-state index contributed by atoms with van der Waals surface area (Å²) in [5.41, 5.74) is 2.33. The Morgan fingerprint density at radius 1 is 1.03 bits per heavy atom. The van der Waals surface area contributed by atoms with Gasteiger partial charge in [0.15, 0.2) is 11.5 Å². The fraction of sp³-hybridized carbons (Fsp3) is 0.409. The fourth-order valence-electron chi connectivity index (χ4n) is 3.71. The predicted octanol–water partition coefficient (Wildman–Crippen LogP) is 2.14. The van der Waals surface area contributed by atoms with Gasteiger partial charge in [0.1, 0.15) is 12.5 Å². The minimum Gasteiger partial charge on any atom is -0.490 e. The van der Waals surface area contributed by atoms with E-state index in [9.17, 15) is 15.0 Å². The number of carbonyl (C=O) groups excluding carboxylic acids is 1. The molecule has 7 nitrogen and oxygen atoms in total. The van der Waals surface area contributed by atoms with Gasteiger partial charge in [0.25, 0.3) is 0 Å². The molecule has 0 aliphatic carbocycles. The highest BCUT2D eigenvalue weighted by atomic mass is 16.5. The molecule has 1 amide bonds. The molecule has 3 N–H and O–H groups in total. The molecule has 3 rings (SSSR count). The van der Waals surface area contributed by atoms with Gasteiger partial charge in [-0.15, -0.1) is 0 Å². The van der Waals surface area contributed by atoms with E-state index >= 15 is 0 Å². The number of carbonyl (C=O) groups is 1. The third-order valence-electron chi connectivity index (χ3n) is 5.01. The summed E-state index contributed by atoms with van der Waals surface area (Å²) < 4.78 is 11.3. The number of benzene rings is 2. The quantitative estimate of drug-likeness (QED) is 0.530. The molecule has 0 fully saturated rings. The van der Waals surface area contributed by atoms with E-state index < -0.39 is 12.5 Å². The van der Waals surface area contributed by atoms with Crippen LogP contribution in [0.1, 0.15) is 43.0 Å². The first-order chi connectivity index (χ1) is 14.1. The molecule has 1 aliphatic heterocycles.